The molecule has 3 rings (SSSR count). The third-order valence-electron chi connectivity index (χ3n) is 4.00. The molecule has 0 bridgehead atoms. The zero-order valence-corrected chi connectivity index (χ0v) is 12.7. The minimum absolute atomic E-state index is 0.576. The smallest absolute Gasteiger partial charge is 0.186 e. The molecule has 0 spiro atoms. The van der Waals surface area contributed by atoms with Crippen LogP contribution < -0.4 is 10.6 Å². The molecule has 2 unspecified atom stereocenters. The highest BCUT2D eigenvalue weighted by Crippen LogP contribution is 2.44. The summed E-state index contributed by atoms with van der Waals surface area (Å²) in [4.78, 5) is 8.70. The summed E-state index contributed by atoms with van der Waals surface area (Å²) in [6.07, 6.45) is 2.61. The van der Waals surface area contributed by atoms with E-state index in [1.54, 1.807) is 0 Å². The topological polar surface area (TPSA) is 42.2 Å². The molecular formula is C13H21N3S2. The molecule has 2 fully saturated rings. The monoisotopic (exact) mass is 283 g/mol. The number of thiazole rings is 1. The summed E-state index contributed by atoms with van der Waals surface area (Å²) < 4.78 is 0. The molecule has 1 saturated heterocycles. The van der Waals surface area contributed by atoms with Gasteiger partial charge in [0.2, 0.25) is 0 Å². The summed E-state index contributed by atoms with van der Waals surface area (Å²) in [7, 11) is 0. The summed E-state index contributed by atoms with van der Waals surface area (Å²) in [5.74, 6) is 1.92. The van der Waals surface area contributed by atoms with E-state index in [9.17, 15) is 0 Å². The van der Waals surface area contributed by atoms with Gasteiger partial charge in [0, 0.05) is 40.9 Å². The molecule has 0 amide bonds. The molecule has 2 aliphatic rings. The first-order chi connectivity index (χ1) is 8.70. The molecule has 18 heavy (non-hydrogen) atoms. The molecule has 1 aliphatic heterocycles. The summed E-state index contributed by atoms with van der Waals surface area (Å²) in [6, 6.07) is 0.576. The van der Waals surface area contributed by atoms with Gasteiger partial charge in [0.1, 0.15) is 0 Å². The number of anilines is 1. The Morgan fingerprint density at radius 2 is 2.17 bits per heavy atom. The molecule has 0 aromatic carbocycles. The summed E-state index contributed by atoms with van der Waals surface area (Å²) in [5, 5.41) is 1.89. The predicted molar refractivity (Wildman–Crippen MR) is 80.7 cm³/mol. The highest BCUT2D eigenvalue weighted by molar-refractivity contribution is 8.00. The van der Waals surface area contributed by atoms with E-state index in [0.29, 0.717) is 23.8 Å². The van der Waals surface area contributed by atoms with E-state index in [1.807, 2.05) is 11.3 Å². The standard InChI is InChI=1S/C13H21N3S2/c1-8-9(2)17-6-5-16(8)13-15-12(10-3-4-10)11(7-14)18-13/h8-10H,3-7,14H2,1-2H3. The normalized spacial score (nSPS) is 28.7. The van der Waals surface area contributed by atoms with Crippen molar-refractivity contribution >= 4 is 28.2 Å². The maximum atomic E-state index is 5.87. The van der Waals surface area contributed by atoms with E-state index in [-0.39, 0.29) is 0 Å². The van der Waals surface area contributed by atoms with Crippen LogP contribution in [0.2, 0.25) is 0 Å². The summed E-state index contributed by atoms with van der Waals surface area (Å²) >= 11 is 3.89. The van der Waals surface area contributed by atoms with Crippen LogP contribution in [-0.2, 0) is 6.54 Å². The summed E-state index contributed by atoms with van der Waals surface area (Å²) in [6.45, 7) is 6.41. The average molecular weight is 283 g/mol. The van der Waals surface area contributed by atoms with Gasteiger partial charge in [0.15, 0.2) is 5.13 Å². The minimum Gasteiger partial charge on any atom is -0.343 e. The predicted octanol–water partition coefficient (Wildman–Crippen LogP) is 2.81. The molecule has 1 aliphatic carbocycles. The van der Waals surface area contributed by atoms with Crippen molar-refractivity contribution in [2.45, 2.75) is 50.4 Å². The van der Waals surface area contributed by atoms with Crippen molar-refractivity contribution < 1.29 is 0 Å². The third-order valence-corrected chi connectivity index (χ3v) is 6.46. The van der Waals surface area contributed by atoms with Crippen molar-refractivity contribution in [3.63, 3.8) is 0 Å². The fraction of sp³-hybridized carbons (Fsp3) is 0.769. The lowest BCUT2D eigenvalue weighted by Crippen LogP contribution is -2.44. The molecule has 1 aromatic heterocycles. The van der Waals surface area contributed by atoms with Gasteiger partial charge in [0.25, 0.3) is 0 Å². The van der Waals surface area contributed by atoms with E-state index in [4.69, 9.17) is 10.7 Å². The van der Waals surface area contributed by atoms with E-state index in [2.05, 4.69) is 30.5 Å². The van der Waals surface area contributed by atoms with Gasteiger partial charge in [-0.2, -0.15) is 11.8 Å². The van der Waals surface area contributed by atoms with E-state index in [1.165, 1.54) is 34.3 Å². The van der Waals surface area contributed by atoms with Crippen LogP contribution >= 0.6 is 23.1 Å². The minimum atomic E-state index is 0.576. The molecule has 2 N–H and O–H groups in total. The second-order valence-corrected chi connectivity index (χ2v) is 7.84. The fourth-order valence-electron chi connectivity index (χ4n) is 2.50. The average Bonchev–Trinajstić information content (AvgIpc) is 3.13. The Balaban J connectivity index is 1.86. The van der Waals surface area contributed by atoms with Crippen LogP contribution in [-0.4, -0.2) is 28.6 Å². The Labute approximate surface area is 117 Å². The Morgan fingerprint density at radius 3 is 2.83 bits per heavy atom. The first kappa shape index (κ1) is 12.8. The van der Waals surface area contributed by atoms with Gasteiger partial charge < -0.3 is 10.6 Å². The number of nitrogens with two attached hydrogens (primary N) is 1. The molecule has 2 heterocycles. The van der Waals surface area contributed by atoms with Crippen LogP contribution in [0.5, 0.6) is 0 Å². The fourth-order valence-corrected chi connectivity index (χ4v) is 4.74. The third kappa shape index (κ3) is 2.28. The van der Waals surface area contributed by atoms with Gasteiger partial charge in [-0.1, -0.05) is 6.92 Å². The van der Waals surface area contributed by atoms with E-state index >= 15 is 0 Å². The van der Waals surface area contributed by atoms with Crippen LogP contribution in [0.1, 0.15) is 43.2 Å². The van der Waals surface area contributed by atoms with Gasteiger partial charge in [-0.15, -0.1) is 11.3 Å². The number of thioether (sulfide) groups is 1. The Kier molecular flexibility index (Phi) is 3.56. The van der Waals surface area contributed by atoms with Crippen molar-refractivity contribution in [3.8, 4) is 0 Å². The number of nitrogens with zero attached hydrogens (tertiary/aromatic N) is 2. The Hall–Kier alpha value is -0.260. The highest BCUT2D eigenvalue weighted by atomic mass is 32.2. The van der Waals surface area contributed by atoms with Crippen molar-refractivity contribution in [2.24, 2.45) is 5.73 Å². The summed E-state index contributed by atoms with van der Waals surface area (Å²) in [5.41, 5.74) is 7.17. The Bertz CT molecular complexity index is 428. The molecule has 0 radical (unpaired) electrons. The molecule has 2 atom stereocenters. The van der Waals surface area contributed by atoms with Gasteiger partial charge >= 0.3 is 0 Å². The van der Waals surface area contributed by atoms with Crippen LogP contribution in [0.15, 0.2) is 0 Å². The molecule has 1 aromatic rings. The molecular weight excluding hydrogens is 262 g/mol. The van der Waals surface area contributed by atoms with Gasteiger partial charge in [-0.05, 0) is 19.8 Å². The van der Waals surface area contributed by atoms with E-state index < -0.39 is 0 Å². The second kappa shape index (κ2) is 5.02. The first-order valence-electron chi connectivity index (χ1n) is 6.78. The van der Waals surface area contributed by atoms with Crippen LogP contribution in [0, 0.1) is 0 Å². The second-order valence-electron chi connectivity index (χ2n) is 5.29. The highest BCUT2D eigenvalue weighted by Gasteiger charge is 2.32. The lowest BCUT2D eigenvalue weighted by atomic mass is 10.2. The van der Waals surface area contributed by atoms with Crippen LogP contribution in [0.3, 0.4) is 0 Å². The van der Waals surface area contributed by atoms with Crippen molar-refractivity contribution in [1.82, 2.24) is 4.98 Å². The lowest BCUT2D eigenvalue weighted by Gasteiger charge is -2.37. The van der Waals surface area contributed by atoms with Gasteiger partial charge in [0.05, 0.1) is 5.69 Å². The van der Waals surface area contributed by atoms with E-state index in [0.717, 1.165) is 6.54 Å². The molecule has 100 valence electrons. The zero-order valence-electron chi connectivity index (χ0n) is 11.1. The first-order valence-corrected chi connectivity index (χ1v) is 8.65. The number of rotatable bonds is 3. The maximum Gasteiger partial charge on any atom is 0.186 e. The lowest BCUT2D eigenvalue weighted by molar-refractivity contribution is 0.625. The number of aromatic nitrogens is 1. The van der Waals surface area contributed by atoms with Crippen molar-refractivity contribution in [3.05, 3.63) is 10.6 Å². The largest absolute Gasteiger partial charge is 0.343 e. The quantitative estimate of drug-likeness (QED) is 0.926. The molecule has 5 heteroatoms. The molecule has 1 saturated carbocycles. The number of hydrogen-bond acceptors (Lipinski definition) is 5. The van der Waals surface area contributed by atoms with Crippen molar-refractivity contribution in [2.75, 3.05) is 17.2 Å². The zero-order chi connectivity index (χ0) is 12.7. The van der Waals surface area contributed by atoms with Crippen LogP contribution in [0.25, 0.3) is 0 Å². The molecule has 3 nitrogen and oxygen atoms in total. The maximum absolute atomic E-state index is 5.87. The van der Waals surface area contributed by atoms with Gasteiger partial charge in [-0.3, -0.25) is 0 Å². The van der Waals surface area contributed by atoms with Crippen LogP contribution in [0.4, 0.5) is 5.13 Å². The van der Waals surface area contributed by atoms with Gasteiger partial charge in [-0.25, -0.2) is 4.98 Å². The SMILES string of the molecule is CC1SCCN(c2nc(C3CC3)c(CN)s2)C1C. The Morgan fingerprint density at radius 1 is 1.39 bits per heavy atom. The van der Waals surface area contributed by atoms with Crippen molar-refractivity contribution in [1.29, 1.82) is 0 Å². The number of hydrogen-bond donors (Lipinski definition) is 1.